The summed E-state index contributed by atoms with van der Waals surface area (Å²) in [6, 6.07) is 13.5. The van der Waals surface area contributed by atoms with E-state index in [1.807, 2.05) is 42.5 Å². The molecule has 0 bridgehead atoms. The minimum Gasteiger partial charge on any atom is -0.396 e. The number of hydrogen-bond acceptors (Lipinski definition) is 4. The first kappa shape index (κ1) is 17.8. The van der Waals surface area contributed by atoms with Crippen LogP contribution in [0.1, 0.15) is 15.9 Å². The van der Waals surface area contributed by atoms with Crippen molar-refractivity contribution in [1.82, 2.24) is 20.1 Å². The molecule has 2 heterocycles. The van der Waals surface area contributed by atoms with Crippen molar-refractivity contribution in [1.29, 1.82) is 0 Å². The third-order valence-electron chi connectivity index (χ3n) is 4.20. The quantitative estimate of drug-likeness (QED) is 0.684. The molecule has 0 aliphatic rings. The fraction of sp³-hybridized carbons (Fsp3) is 0.250. The van der Waals surface area contributed by atoms with Gasteiger partial charge in [0.1, 0.15) is 5.69 Å². The lowest BCUT2D eigenvalue weighted by Gasteiger charge is -2.15. The fourth-order valence-electron chi connectivity index (χ4n) is 2.85. The molecule has 0 spiro atoms. The van der Waals surface area contributed by atoms with Gasteiger partial charge >= 0.3 is 0 Å². The minimum atomic E-state index is -0.190. The van der Waals surface area contributed by atoms with Crippen molar-refractivity contribution in [2.45, 2.75) is 6.42 Å². The van der Waals surface area contributed by atoms with Crippen LogP contribution in [0.5, 0.6) is 0 Å². The first-order chi connectivity index (χ1) is 12.7. The minimum absolute atomic E-state index is 0.00118. The van der Waals surface area contributed by atoms with Gasteiger partial charge in [-0.15, -0.1) is 0 Å². The Hall–Kier alpha value is -2.99. The van der Waals surface area contributed by atoms with Gasteiger partial charge in [-0.1, -0.05) is 30.3 Å². The van der Waals surface area contributed by atoms with Crippen molar-refractivity contribution >= 4 is 5.91 Å². The van der Waals surface area contributed by atoms with Crippen LogP contribution in [0.15, 0.2) is 61.1 Å². The van der Waals surface area contributed by atoms with Crippen LogP contribution in [0, 0.1) is 5.92 Å². The summed E-state index contributed by atoms with van der Waals surface area (Å²) in [5.41, 5.74) is 3.16. The summed E-state index contributed by atoms with van der Waals surface area (Å²) >= 11 is 0. The van der Waals surface area contributed by atoms with Crippen LogP contribution in [0.2, 0.25) is 0 Å². The van der Waals surface area contributed by atoms with Gasteiger partial charge in [0.15, 0.2) is 0 Å². The smallest absolute Gasteiger partial charge is 0.255 e. The molecule has 0 saturated heterocycles. The van der Waals surface area contributed by atoms with Crippen LogP contribution < -0.4 is 5.32 Å². The van der Waals surface area contributed by atoms with Crippen LogP contribution in [0.25, 0.3) is 11.3 Å². The van der Waals surface area contributed by atoms with E-state index in [-0.39, 0.29) is 18.4 Å². The van der Waals surface area contributed by atoms with E-state index in [1.165, 1.54) is 0 Å². The Bertz CT molecular complexity index is 847. The highest BCUT2D eigenvalue weighted by Crippen LogP contribution is 2.21. The van der Waals surface area contributed by atoms with Gasteiger partial charge in [0.25, 0.3) is 5.91 Å². The van der Waals surface area contributed by atoms with Gasteiger partial charge in [-0.2, -0.15) is 5.10 Å². The highest BCUT2D eigenvalue weighted by Gasteiger charge is 2.18. The van der Waals surface area contributed by atoms with Crippen LogP contribution in [0.3, 0.4) is 0 Å². The molecule has 1 aromatic carbocycles. The Balaban J connectivity index is 1.68. The number of aliphatic hydroxyl groups excluding tert-OH is 1. The number of pyridine rings is 1. The van der Waals surface area contributed by atoms with Crippen LogP contribution in [-0.4, -0.2) is 38.9 Å². The molecule has 3 aromatic rings. The predicted molar refractivity (Wildman–Crippen MR) is 99.5 cm³/mol. The van der Waals surface area contributed by atoms with Crippen LogP contribution in [0.4, 0.5) is 0 Å². The largest absolute Gasteiger partial charge is 0.396 e. The summed E-state index contributed by atoms with van der Waals surface area (Å²) < 4.78 is 1.64. The zero-order valence-corrected chi connectivity index (χ0v) is 14.7. The highest BCUT2D eigenvalue weighted by molar-refractivity contribution is 5.99. The number of aliphatic hydroxyl groups is 1. The van der Waals surface area contributed by atoms with Gasteiger partial charge in [0, 0.05) is 50.3 Å². The molecular weight excluding hydrogens is 328 g/mol. The molecule has 3 rings (SSSR count). The van der Waals surface area contributed by atoms with E-state index in [0.717, 1.165) is 11.1 Å². The molecule has 0 aliphatic heterocycles. The third-order valence-corrected chi connectivity index (χ3v) is 4.20. The van der Waals surface area contributed by atoms with Crippen molar-refractivity contribution in [2.24, 2.45) is 13.0 Å². The average molecular weight is 350 g/mol. The van der Waals surface area contributed by atoms with Crippen molar-refractivity contribution in [3.8, 4) is 11.3 Å². The molecule has 6 nitrogen and oxygen atoms in total. The Morgan fingerprint density at radius 2 is 1.92 bits per heavy atom. The molecule has 1 atom stereocenters. The Kier molecular flexibility index (Phi) is 5.76. The van der Waals surface area contributed by atoms with Gasteiger partial charge in [-0.3, -0.25) is 14.5 Å². The number of carbonyl (C=O) groups is 1. The topological polar surface area (TPSA) is 80.0 Å². The Morgan fingerprint density at radius 3 is 2.62 bits per heavy atom. The van der Waals surface area contributed by atoms with E-state index in [2.05, 4.69) is 15.4 Å². The van der Waals surface area contributed by atoms with E-state index in [1.54, 1.807) is 30.3 Å². The number of nitrogens with zero attached hydrogens (tertiary/aromatic N) is 3. The molecule has 2 N–H and O–H groups in total. The Morgan fingerprint density at radius 1 is 1.19 bits per heavy atom. The molecule has 134 valence electrons. The summed E-state index contributed by atoms with van der Waals surface area (Å²) in [6.07, 6.45) is 5.85. The van der Waals surface area contributed by atoms with Gasteiger partial charge in [0.2, 0.25) is 0 Å². The van der Waals surface area contributed by atoms with Crippen molar-refractivity contribution in [3.63, 3.8) is 0 Å². The number of rotatable bonds is 7. The summed E-state index contributed by atoms with van der Waals surface area (Å²) in [7, 11) is 1.79. The molecule has 1 amide bonds. The van der Waals surface area contributed by atoms with Crippen molar-refractivity contribution in [3.05, 3.63) is 72.2 Å². The van der Waals surface area contributed by atoms with Gasteiger partial charge < -0.3 is 10.4 Å². The first-order valence-corrected chi connectivity index (χ1v) is 8.54. The van der Waals surface area contributed by atoms with E-state index >= 15 is 0 Å². The maximum Gasteiger partial charge on any atom is 0.255 e. The molecule has 0 aliphatic carbocycles. The van der Waals surface area contributed by atoms with Crippen molar-refractivity contribution in [2.75, 3.05) is 13.2 Å². The lowest BCUT2D eigenvalue weighted by molar-refractivity contribution is 0.0940. The molecule has 6 heteroatoms. The summed E-state index contributed by atoms with van der Waals surface area (Å²) in [5, 5.41) is 17.0. The molecule has 0 saturated carbocycles. The maximum atomic E-state index is 12.7. The Labute approximate surface area is 152 Å². The van der Waals surface area contributed by atoms with E-state index < -0.39 is 0 Å². The lowest BCUT2D eigenvalue weighted by Crippen LogP contribution is -2.32. The maximum absolute atomic E-state index is 12.7. The summed E-state index contributed by atoms with van der Waals surface area (Å²) in [4.78, 5) is 16.7. The number of benzene rings is 1. The van der Waals surface area contributed by atoms with Crippen LogP contribution in [-0.2, 0) is 13.5 Å². The van der Waals surface area contributed by atoms with Crippen LogP contribution >= 0.6 is 0 Å². The molecule has 0 radical (unpaired) electrons. The summed E-state index contributed by atoms with van der Waals surface area (Å²) in [5.74, 6) is -0.247. The fourth-order valence-corrected chi connectivity index (χ4v) is 2.85. The summed E-state index contributed by atoms with van der Waals surface area (Å²) in [6.45, 7) is 0.391. The van der Waals surface area contributed by atoms with Gasteiger partial charge in [-0.05, 0) is 24.1 Å². The third kappa shape index (κ3) is 4.34. The second-order valence-electron chi connectivity index (χ2n) is 6.25. The molecule has 0 fully saturated rings. The van der Waals surface area contributed by atoms with E-state index in [9.17, 15) is 9.90 Å². The average Bonchev–Trinajstić information content (AvgIpc) is 3.08. The SMILES string of the molecule is Cn1cc(C(=O)NCC(CO)Cc2ccncc2)c(-c2ccccc2)n1. The normalized spacial score (nSPS) is 11.9. The first-order valence-electron chi connectivity index (χ1n) is 8.54. The second-order valence-corrected chi connectivity index (χ2v) is 6.25. The molecule has 1 unspecified atom stereocenters. The second kappa shape index (κ2) is 8.40. The zero-order valence-electron chi connectivity index (χ0n) is 14.7. The number of aromatic nitrogens is 3. The number of aryl methyl sites for hydroxylation is 1. The monoisotopic (exact) mass is 350 g/mol. The molecule has 26 heavy (non-hydrogen) atoms. The standard InChI is InChI=1S/C20H22N4O2/c1-24-13-18(19(23-24)17-5-3-2-4-6-17)20(26)22-12-16(14-25)11-15-7-9-21-10-8-15/h2-10,13,16,25H,11-12,14H2,1H3,(H,22,26). The highest BCUT2D eigenvalue weighted by atomic mass is 16.3. The number of nitrogens with one attached hydrogen (secondary N) is 1. The number of hydrogen-bond donors (Lipinski definition) is 2. The zero-order chi connectivity index (χ0) is 18.4. The predicted octanol–water partition coefficient (Wildman–Crippen LogP) is 2.06. The number of carbonyl (C=O) groups excluding carboxylic acids is 1. The lowest BCUT2D eigenvalue weighted by atomic mass is 10.0. The molecule has 2 aromatic heterocycles. The van der Waals surface area contributed by atoms with E-state index in [4.69, 9.17) is 0 Å². The van der Waals surface area contributed by atoms with E-state index in [0.29, 0.717) is 24.2 Å². The number of amides is 1. The van der Waals surface area contributed by atoms with Gasteiger partial charge in [0.05, 0.1) is 5.56 Å². The van der Waals surface area contributed by atoms with Gasteiger partial charge in [-0.25, -0.2) is 0 Å². The molecular formula is C20H22N4O2. The van der Waals surface area contributed by atoms with Crippen molar-refractivity contribution < 1.29 is 9.90 Å².